The first-order chi connectivity index (χ1) is 14.7. The van der Waals surface area contributed by atoms with Gasteiger partial charge >= 0.3 is 0 Å². The highest BCUT2D eigenvalue weighted by atomic mass is 32.2. The summed E-state index contributed by atoms with van der Waals surface area (Å²) in [6.07, 6.45) is 3.55. The number of nitrogens with zero attached hydrogens (tertiary/aromatic N) is 4. The molecule has 0 saturated heterocycles. The molecule has 30 heavy (non-hydrogen) atoms. The second kappa shape index (κ2) is 9.24. The molecule has 148 valence electrons. The van der Waals surface area contributed by atoms with Crippen LogP contribution in [-0.2, 0) is 0 Å². The summed E-state index contributed by atoms with van der Waals surface area (Å²) in [7, 11) is 0. The Morgan fingerprint density at radius 3 is 2.17 bits per heavy atom. The van der Waals surface area contributed by atoms with E-state index in [2.05, 4.69) is 40.5 Å². The normalized spacial score (nSPS) is 11.8. The number of benzene rings is 3. The monoisotopic (exact) mass is 411 g/mol. The van der Waals surface area contributed by atoms with Crippen molar-refractivity contribution in [3.8, 4) is 28.2 Å². The zero-order valence-electron chi connectivity index (χ0n) is 16.5. The summed E-state index contributed by atoms with van der Waals surface area (Å²) in [6, 6.07) is 30.6. The fourth-order valence-electron chi connectivity index (χ4n) is 3.04. The summed E-state index contributed by atoms with van der Waals surface area (Å²) in [5.41, 5.74) is 11.7. The molecule has 0 saturated carbocycles. The van der Waals surface area contributed by atoms with E-state index in [9.17, 15) is 0 Å². The molecule has 1 aromatic heterocycles. The van der Waals surface area contributed by atoms with E-state index >= 15 is 0 Å². The molecule has 0 aliphatic heterocycles. The van der Waals surface area contributed by atoms with Crippen molar-refractivity contribution in [2.45, 2.75) is 0 Å². The molecule has 5 nitrogen and oxygen atoms in total. The van der Waals surface area contributed by atoms with Crippen LogP contribution in [0.1, 0.15) is 5.56 Å². The smallest absolute Gasteiger partial charge is 0.180 e. The number of hydrogen-bond acceptors (Lipinski definition) is 4. The molecule has 3 aromatic carbocycles. The molecule has 0 radical (unpaired) electrons. The van der Waals surface area contributed by atoms with Crippen molar-refractivity contribution in [2.24, 2.45) is 15.9 Å². The number of aromatic nitrogens is 2. The first-order valence-electron chi connectivity index (χ1n) is 9.46. The van der Waals surface area contributed by atoms with Crippen molar-refractivity contribution in [3.63, 3.8) is 0 Å². The molecule has 0 spiro atoms. The largest absolute Gasteiger partial charge is 0.377 e. The van der Waals surface area contributed by atoms with Gasteiger partial charge in [-0.2, -0.15) is 10.2 Å². The predicted octanol–water partition coefficient (Wildman–Crippen LogP) is 5.22. The van der Waals surface area contributed by atoms with Crippen LogP contribution in [0.25, 0.3) is 28.2 Å². The second-order valence-corrected chi connectivity index (χ2v) is 7.36. The van der Waals surface area contributed by atoms with Crippen molar-refractivity contribution < 1.29 is 0 Å². The Hall–Kier alpha value is -3.64. The Balaban J connectivity index is 1.72. The van der Waals surface area contributed by atoms with Gasteiger partial charge in [-0.3, -0.25) is 0 Å². The van der Waals surface area contributed by atoms with E-state index in [1.807, 2.05) is 71.6 Å². The van der Waals surface area contributed by atoms with Crippen molar-refractivity contribution in [2.75, 3.05) is 6.26 Å². The molecule has 4 aromatic rings. The van der Waals surface area contributed by atoms with E-state index in [1.165, 1.54) is 11.8 Å². The number of rotatable bonds is 5. The fourth-order valence-corrected chi connectivity index (χ4v) is 3.17. The highest BCUT2D eigenvalue weighted by Crippen LogP contribution is 2.28. The minimum atomic E-state index is 0.431. The summed E-state index contributed by atoms with van der Waals surface area (Å²) < 4.78 is 1.97. The summed E-state index contributed by atoms with van der Waals surface area (Å²) in [5, 5.41) is 13.3. The van der Waals surface area contributed by atoms with Crippen LogP contribution in [0.3, 0.4) is 0 Å². The van der Waals surface area contributed by atoms with Gasteiger partial charge in [-0.15, -0.1) is 5.10 Å². The molecule has 0 bridgehead atoms. The third kappa shape index (κ3) is 4.50. The molecule has 0 aliphatic rings. The van der Waals surface area contributed by atoms with Gasteiger partial charge in [0.2, 0.25) is 0 Å². The van der Waals surface area contributed by atoms with Gasteiger partial charge in [0.1, 0.15) is 0 Å². The van der Waals surface area contributed by atoms with Gasteiger partial charge in [-0.25, -0.2) is 4.68 Å². The summed E-state index contributed by atoms with van der Waals surface area (Å²) in [6.45, 7) is 0. The van der Waals surface area contributed by atoms with Crippen molar-refractivity contribution in [1.82, 2.24) is 9.78 Å². The lowest BCUT2D eigenvalue weighted by atomic mass is 10.1. The maximum Gasteiger partial charge on any atom is 0.180 e. The van der Waals surface area contributed by atoms with E-state index in [-0.39, 0.29) is 0 Å². The minimum absolute atomic E-state index is 0.431. The predicted molar refractivity (Wildman–Crippen MR) is 127 cm³/mol. The maximum atomic E-state index is 5.65. The quantitative estimate of drug-likeness (QED) is 0.278. The van der Waals surface area contributed by atoms with Crippen molar-refractivity contribution in [3.05, 3.63) is 96.6 Å². The highest BCUT2D eigenvalue weighted by molar-refractivity contribution is 8.13. The van der Waals surface area contributed by atoms with Crippen molar-refractivity contribution >= 4 is 23.1 Å². The number of amidine groups is 1. The van der Waals surface area contributed by atoms with Gasteiger partial charge in [0.25, 0.3) is 0 Å². The van der Waals surface area contributed by atoms with E-state index < -0.39 is 0 Å². The molecule has 2 N–H and O–H groups in total. The fraction of sp³-hybridized carbons (Fsp3) is 0.0417. The first kappa shape index (κ1) is 19.7. The molecule has 0 atom stereocenters. The summed E-state index contributed by atoms with van der Waals surface area (Å²) >= 11 is 1.36. The van der Waals surface area contributed by atoms with Gasteiger partial charge in [0, 0.05) is 11.1 Å². The van der Waals surface area contributed by atoms with Crippen LogP contribution in [0.15, 0.2) is 101 Å². The van der Waals surface area contributed by atoms with Crippen LogP contribution in [0.4, 0.5) is 0 Å². The average Bonchev–Trinajstić information content (AvgIpc) is 3.26. The van der Waals surface area contributed by atoms with Crippen molar-refractivity contribution in [1.29, 1.82) is 0 Å². The molecule has 0 amide bonds. The molecular formula is C24H21N5S. The van der Waals surface area contributed by atoms with E-state index in [0.717, 1.165) is 33.8 Å². The molecule has 1 heterocycles. The molecule has 4 rings (SSSR count). The van der Waals surface area contributed by atoms with Gasteiger partial charge < -0.3 is 5.73 Å². The van der Waals surface area contributed by atoms with Gasteiger partial charge in [0.15, 0.2) is 5.17 Å². The lowest BCUT2D eigenvalue weighted by Gasteiger charge is -2.08. The summed E-state index contributed by atoms with van der Waals surface area (Å²) in [4.78, 5) is 0. The minimum Gasteiger partial charge on any atom is -0.377 e. The molecular weight excluding hydrogens is 390 g/mol. The van der Waals surface area contributed by atoms with E-state index in [1.54, 1.807) is 6.21 Å². The van der Waals surface area contributed by atoms with Crippen LogP contribution >= 0.6 is 11.8 Å². The van der Waals surface area contributed by atoms with Crippen LogP contribution in [-0.4, -0.2) is 27.4 Å². The summed E-state index contributed by atoms with van der Waals surface area (Å²) in [5.74, 6) is 0. The Morgan fingerprint density at radius 1 is 0.900 bits per heavy atom. The van der Waals surface area contributed by atoms with Crippen LogP contribution in [0.5, 0.6) is 0 Å². The topological polar surface area (TPSA) is 68.6 Å². The van der Waals surface area contributed by atoms with Crippen LogP contribution in [0, 0.1) is 0 Å². The number of nitrogens with two attached hydrogens (primary N) is 1. The Bertz CT molecular complexity index is 1160. The third-order valence-corrected chi connectivity index (χ3v) is 5.06. The Morgan fingerprint density at radius 2 is 1.53 bits per heavy atom. The second-order valence-electron chi connectivity index (χ2n) is 6.54. The zero-order valence-corrected chi connectivity index (χ0v) is 17.3. The highest BCUT2D eigenvalue weighted by Gasteiger charge is 2.12. The Kier molecular flexibility index (Phi) is 6.06. The van der Waals surface area contributed by atoms with Gasteiger partial charge in [-0.05, 0) is 30.0 Å². The lowest BCUT2D eigenvalue weighted by molar-refractivity contribution is 0.892. The van der Waals surface area contributed by atoms with Gasteiger partial charge in [-0.1, -0.05) is 84.6 Å². The third-order valence-electron chi connectivity index (χ3n) is 4.56. The number of hydrogen-bond donors (Lipinski definition) is 1. The van der Waals surface area contributed by atoms with Gasteiger partial charge in [0.05, 0.1) is 23.3 Å². The van der Waals surface area contributed by atoms with Crippen LogP contribution in [0.2, 0.25) is 0 Å². The number of thioether (sulfide) groups is 1. The SMILES string of the molecule is CS/C(N)=N/N=C\c1ccc(-n2nc(-c3ccccc3)cc2-c2ccccc2)cc1. The average molecular weight is 412 g/mol. The Labute approximate surface area is 180 Å². The lowest BCUT2D eigenvalue weighted by Crippen LogP contribution is -2.04. The first-order valence-corrected chi connectivity index (χ1v) is 10.7. The molecule has 0 aliphatic carbocycles. The zero-order chi connectivity index (χ0) is 20.8. The van der Waals surface area contributed by atoms with E-state index in [4.69, 9.17) is 10.8 Å². The van der Waals surface area contributed by atoms with E-state index in [0.29, 0.717) is 5.17 Å². The molecule has 0 fully saturated rings. The molecule has 0 unspecified atom stereocenters. The maximum absolute atomic E-state index is 5.65. The van der Waals surface area contributed by atoms with Crippen LogP contribution < -0.4 is 5.73 Å². The molecule has 6 heteroatoms. The standard InChI is InChI=1S/C24H21N5S/c1-30-24(25)27-26-17-18-12-14-21(15-13-18)29-23(20-10-6-3-7-11-20)16-22(28-29)19-8-4-2-5-9-19/h2-17H,1H3,(H2,25,27)/b26-17-.